The van der Waals surface area contributed by atoms with Gasteiger partial charge in [0.1, 0.15) is 5.75 Å². The number of nitrogens with zero attached hydrogens (tertiary/aromatic N) is 1. The van der Waals surface area contributed by atoms with Gasteiger partial charge >= 0.3 is 11.8 Å². The molecule has 1 N–H and O–H groups in total. The Morgan fingerprint density at radius 1 is 1.00 bits per heavy atom. The summed E-state index contributed by atoms with van der Waals surface area (Å²) < 4.78 is 5.07. The fourth-order valence-electron chi connectivity index (χ4n) is 2.10. The Hall–Kier alpha value is -2.82. The van der Waals surface area contributed by atoms with Gasteiger partial charge in [-0.1, -0.05) is 42.5 Å². The van der Waals surface area contributed by atoms with Crippen molar-refractivity contribution < 1.29 is 14.3 Å². The Kier molecular flexibility index (Phi) is 5.74. The molecule has 5 nitrogen and oxygen atoms in total. The zero-order valence-corrected chi connectivity index (χ0v) is 13.3. The average Bonchev–Trinajstić information content (AvgIpc) is 2.60. The zero-order chi connectivity index (χ0) is 16.7. The Morgan fingerprint density at radius 2 is 1.65 bits per heavy atom. The van der Waals surface area contributed by atoms with Gasteiger partial charge < -0.3 is 15.0 Å². The molecule has 2 rings (SSSR count). The van der Waals surface area contributed by atoms with Crippen molar-refractivity contribution in [2.45, 2.75) is 13.1 Å². The van der Waals surface area contributed by atoms with Gasteiger partial charge in [-0.3, -0.25) is 9.59 Å². The lowest BCUT2D eigenvalue weighted by Gasteiger charge is -2.16. The molecule has 2 aromatic rings. The topological polar surface area (TPSA) is 58.6 Å². The second-order valence-corrected chi connectivity index (χ2v) is 5.18. The van der Waals surface area contributed by atoms with Crippen molar-refractivity contribution in [2.75, 3.05) is 14.2 Å². The molecule has 23 heavy (non-hydrogen) atoms. The number of nitrogens with one attached hydrogen (secondary N) is 1. The maximum absolute atomic E-state index is 12.1. The number of amides is 2. The van der Waals surface area contributed by atoms with E-state index in [1.165, 1.54) is 4.90 Å². The van der Waals surface area contributed by atoms with Crippen molar-refractivity contribution in [3.05, 3.63) is 65.7 Å². The number of hydrogen-bond acceptors (Lipinski definition) is 3. The molecule has 0 saturated heterocycles. The van der Waals surface area contributed by atoms with Gasteiger partial charge in [0.15, 0.2) is 0 Å². The molecule has 0 radical (unpaired) electrons. The quantitative estimate of drug-likeness (QED) is 0.859. The third-order valence-corrected chi connectivity index (χ3v) is 3.42. The molecule has 0 fully saturated rings. The summed E-state index contributed by atoms with van der Waals surface area (Å²) in [6, 6.07) is 16.9. The van der Waals surface area contributed by atoms with E-state index in [1.54, 1.807) is 14.2 Å². The summed E-state index contributed by atoms with van der Waals surface area (Å²) in [6.45, 7) is 0.698. The minimum absolute atomic E-state index is 0.299. The van der Waals surface area contributed by atoms with Crippen LogP contribution in [0.1, 0.15) is 11.1 Å². The third kappa shape index (κ3) is 4.85. The van der Waals surface area contributed by atoms with Crippen molar-refractivity contribution in [3.63, 3.8) is 0 Å². The Morgan fingerprint density at radius 3 is 2.26 bits per heavy atom. The average molecular weight is 312 g/mol. The van der Waals surface area contributed by atoms with Crippen molar-refractivity contribution >= 4 is 11.8 Å². The number of carbonyl (C=O) groups is 2. The van der Waals surface area contributed by atoms with Crippen molar-refractivity contribution in [1.29, 1.82) is 0 Å². The summed E-state index contributed by atoms with van der Waals surface area (Å²) in [4.78, 5) is 25.4. The van der Waals surface area contributed by atoms with Crippen LogP contribution in [0.4, 0.5) is 0 Å². The fraction of sp³-hybridized carbons (Fsp3) is 0.222. The van der Waals surface area contributed by atoms with E-state index < -0.39 is 11.8 Å². The molecule has 120 valence electrons. The Balaban J connectivity index is 1.85. The fourth-order valence-corrected chi connectivity index (χ4v) is 2.10. The van der Waals surface area contributed by atoms with E-state index in [0.717, 1.165) is 16.9 Å². The second kappa shape index (κ2) is 7.98. The van der Waals surface area contributed by atoms with Crippen LogP contribution in [0, 0.1) is 0 Å². The summed E-state index contributed by atoms with van der Waals surface area (Å²) in [5, 5.41) is 2.63. The summed E-state index contributed by atoms with van der Waals surface area (Å²) >= 11 is 0. The Bertz CT molecular complexity index is 654. The molecular formula is C18H20N2O3. The molecule has 0 spiro atoms. The van der Waals surface area contributed by atoms with Crippen LogP contribution in [-0.4, -0.2) is 30.9 Å². The second-order valence-electron chi connectivity index (χ2n) is 5.18. The molecule has 0 bridgehead atoms. The van der Waals surface area contributed by atoms with Gasteiger partial charge in [-0.05, 0) is 23.3 Å². The minimum Gasteiger partial charge on any atom is -0.497 e. The first-order valence-electron chi connectivity index (χ1n) is 7.30. The summed E-state index contributed by atoms with van der Waals surface area (Å²) in [7, 11) is 3.21. The first-order chi connectivity index (χ1) is 11.1. The molecule has 2 aromatic carbocycles. The molecule has 0 saturated carbocycles. The molecule has 0 atom stereocenters. The lowest BCUT2D eigenvalue weighted by atomic mass is 10.2. The number of carbonyl (C=O) groups excluding carboxylic acids is 2. The highest BCUT2D eigenvalue weighted by atomic mass is 16.5. The van der Waals surface area contributed by atoms with Crippen LogP contribution >= 0.6 is 0 Å². The van der Waals surface area contributed by atoms with E-state index in [2.05, 4.69) is 5.32 Å². The lowest BCUT2D eigenvalue weighted by Crippen LogP contribution is -2.40. The number of benzene rings is 2. The highest BCUT2D eigenvalue weighted by Gasteiger charge is 2.18. The van der Waals surface area contributed by atoms with Crippen LogP contribution < -0.4 is 10.1 Å². The number of rotatable bonds is 5. The maximum Gasteiger partial charge on any atom is 0.311 e. The first-order valence-corrected chi connectivity index (χ1v) is 7.30. The molecule has 2 amide bonds. The van der Waals surface area contributed by atoms with Crippen LogP contribution in [0.3, 0.4) is 0 Å². The van der Waals surface area contributed by atoms with Gasteiger partial charge in [0.2, 0.25) is 0 Å². The van der Waals surface area contributed by atoms with Crippen LogP contribution in [0.5, 0.6) is 5.75 Å². The number of ether oxygens (including phenoxy) is 1. The highest BCUT2D eigenvalue weighted by Crippen LogP contribution is 2.11. The van der Waals surface area contributed by atoms with Crippen molar-refractivity contribution in [3.8, 4) is 5.75 Å². The van der Waals surface area contributed by atoms with Crippen LogP contribution in [0.25, 0.3) is 0 Å². The van der Waals surface area contributed by atoms with Gasteiger partial charge in [0.05, 0.1) is 7.11 Å². The number of methoxy groups -OCH3 is 1. The lowest BCUT2D eigenvalue weighted by molar-refractivity contribution is -0.145. The predicted octanol–water partition coefficient (Wildman–Crippen LogP) is 1.97. The van der Waals surface area contributed by atoms with Crippen LogP contribution in [0.15, 0.2) is 54.6 Å². The molecule has 0 heterocycles. The van der Waals surface area contributed by atoms with Crippen LogP contribution in [-0.2, 0) is 22.7 Å². The predicted molar refractivity (Wildman–Crippen MR) is 87.8 cm³/mol. The van der Waals surface area contributed by atoms with Gasteiger partial charge in [-0.15, -0.1) is 0 Å². The SMILES string of the molecule is COc1ccc(CNC(=O)C(=O)N(C)Cc2ccccc2)cc1. The minimum atomic E-state index is -0.612. The van der Waals surface area contributed by atoms with E-state index in [9.17, 15) is 9.59 Å². The molecule has 0 unspecified atom stereocenters. The van der Waals surface area contributed by atoms with Crippen LogP contribution in [0.2, 0.25) is 0 Å². The van der Waals surface area contributed by atoms with E-state index >= 15 is 0 Å². The van der Waals surface area contributed by atoms with E-state index in [4.69, 9.17) is 4.74 Å². The smallest absolute Gasteiger partial charge is 0.311 e. The molecule has 5 heteroatoms. The molecular weight excluding hydrogens is 292 g/mol. The third-order valence-electron chi connectivity index (χ3n) is 3.42. The standard InChI is InChI=1S/C18H20N2O3/c1-20(13-15-6-4-3-5-7-15)18(22)17(21)19-12-14-8-10-16(23-2)11-9-14/h3-11H,12-13H2,1-2H3,(H,19,21). The molecule has 0 aliphatic heterocycles. The maximum atomic E-state index is 12.1. The summed E-state index contributed by atoms with van der Waals surface area (Å²) in [5.74, 6) is -0.416. The zero-order valence-electron chi connectivity index (χ0n) is 13.3. The van der Waals surface area contributed by atoms with Crippen molar-refractivity contribution in [1.82, 2.24) is 10.2 Å². The molecule has 0 aliphatic carbocycles. The molecule has 0 aromatic heterocycles. The first kappa shape index (κ1) is 16.5. The van der Waals surface area contributed by atoms with Crippen molar-refractivity contribution in [2.24, 2.45) is 0 Å². The summed E-state index contributed by atoms with van der Waals surface area (Å²) in [5.41, 5.74) is 1.88. The monoisotopic (exact) mass is 312 g/mol. The highest BCUT2D eigenvalue weighted by molar-refractivity contribution is 6.34. The summed E-state index contributed by atoms with van der Waals surface area (Å²) in [6.07, 6.45) is 0. The largest absolute Gasteiger partial charge is 0.497 e. The molecule has 0 aliphatic rings. The van der Waals surface area contributed by atoms with Gasteiger partial charge in [0.25, 0.3) is 0 Å². The van der Waals surface area contributed by atoms with E-state index in [-0.39, 0.29) is 0 Å². The normalized spacial score (nSPS) is 10.0. The van der Waals surface area contributed by atoms with Gasteiger partial charge in [0, 0.05) is 20.1 Å². The van der Waals surface area contributed by atoms with Gasteiger partial charge in [-0.25, -0.2) is 0 Å². The Labute approximate surface area is 135 Å². The van der Waals surface area contributed by atoms with Gasteiger partial charge in [-0.2, -0.15) is 0 Å². The van der Waals surface area contributed by atoms with E-state index in [0.29, 0.717) is 13.1 Å². The van der Waals surface area contributed by atoms with E-state index in [1.807, 2.05) is 54.6 Å². The number of hydrogen-bond donors (Lipinski definition) is 1. The number of likely N-dealkylation sites (N-methyl/N-ethyl adjacent to an activating group) is 1.